The highest BCUT2D eigenvalue weighted by Gasteiger charge is 2.29. The van der Waals surface area contributed by atoms with Crippen molar-refractivity contribution in [3.8, 4) is 11.4 Å². The molecule has 5 rings (SSSR count). The number of carbonyl (C=O) groups is 1. The lowest BCUT2D eigenvalue weighted by atomic mass is 10.1. The van der Waals surface area contributed by atoms with Crippen LogP contribution in [0.3, 0.4) is 0 Å². The first-order valence-electron chi connectivity index (χ1n) is 10.8. The molecule has 4 aromatic rings. The number of nitrogens with zero attached hydrogens (tertiary/aromatic N) is 1. The highest BCUT2D eigenvalue weighted by molar-refractivity contribution is 6.04. The van der Waals surface area contributed by atoms with Crippen LogP contribution in [0.5, 0.6) is 5.75 Å². The molecule has 0 N–H and O–H groups in total. The predicted octanol–water partition coefficient (Wildman–Crippen LogP) is 6.32. The van der Waals surface area contributed by atoms with Crippen molar-refractivity contribution in [3.05, 3.63) is 94.9 Å². The SMILES string of the molecule is Cc1cc(-n2c(C3CCCO3)c(C=O)c3c(OCc4ccccc4)cccc32)ccc1F. The van der Waals surface area contributed by atoms with Crippen LogP contribution in [0.15, 0.2) is 66.7 Å². The summed E-state index contributed by atoms with van der Waals surface area (Å²) in [7, 11) is 0. The Morgan fingerprint density at radius 2 is 1.97 bits per heavy atom. The van der Waals surface area contributed by atoms with E-state index in [1.54, 1.807) is 19.1 Å². The summed E-state index contributed by atoms with van der Waals surface area (Å²) in [4.78, 5) is 12.4. The van der Waals surface area contributed by atoms with Crippen LogP contribution < -0.4 is 4.74 Å². The first kappa shape index (κ1) is 20.5. The molecule has 1 unspecified atom stereocenters. The number of rotatable bonds is 6. The number of halogens is 1. The van der Waals surface area contributed by atoms with Crippen LogP contribution in [-0.2, 0) is 11.3 Å². The Balaban J connectivity index is 1.71. The lowest BCUT2D eigenvalue weighted by Gasteiger charge is -2.17. The Labute approximate surface area is 186 Å². The molecular weight excluding hydrogens is 405 g/mol. The van der Waals surface area contributed by atoms with Gasteiger partial charge in [0, 0.05) is 17.9 Å². The number of aromatic nitrogens is 1. The fraction of sp³-hybridized carbons (Fsp3) is 0.222. The molecule has 3 aromatic carbocycles. The average molecular weight is 429 g/mol. The van der Waals surface area contributed by atoms with Crippen molar-refractivity contribution in [2.45, 2.75) is 32.5 Å². The van der Waals surface area contributed by atoms with Crippen molar-refractivity contribution in [2.75, 3.05) is 6.61 Å². The molecule has 1 saturated heterocycles. The number of aryl methyl sites for hydroxylation is 1. The van der Waals surface area contributed by atoms with E-state index in [4.69, 9.17) is 9.47 Å². The Bertz CT molecular complexity index is 1270. The number of hydrogen-bond acceptors (Lipinski definition) is 3. The Kier molecular flexibility index (Phi) is 5.50. The third kappa shape index (κ3) is 3.59. The number of hydrogen-bond donors (Lipinski definition) is 0. The van der Waals surface area contributed by atoms with Gasteiger partial charge in [0.1, 0.15) is 18.2 Å². The average Bonchev–Trinajstić information content (AvgIpc) is 3.46. The molecule has 32 heavy (non-hydrogen) atoms. The molecule has 0 saturated carbocycles. The van der Waals surface area contributed by atoms with E-state index in [0.29, 0.717) is 30.1 Å². The summed E-state index contributed by atoms with van der Waals surface area (Å²) in [6.07, 6.45) is 2.46. The maximum Gasteiger partial charge on any atom is 0.152 e. The summed E-state index contributed by atoms with van der Waals surface area (Å²) in [5, 5.41) is 0.755. The van der Waals surface area contributed by atoms with Gasteiger partial charge >= 0.3 is 0 Å². The van der Waals surface area contributed by atoms with Gasteiger partial charge in [0.25, 0.3) is 0 Å². The molecule has 4 nitrogen and oxygen atoms in total. The van der Waals surface area contributed by atoms with Gasteiger partial charge in [0.15, 0.2) is 6.29 Å². The summed E-state index contributed by atoms with van der Waals surface area (Å²) >= 11 is 0. The zero-order valence-corrected chi connectivity index (χ0v) is 17.9. The van der Waals surface area contributed by atoms with Gasteiger partial charge in [-0.1, -0.05) is 36.4 Å². The van der Waals surface area contributed by atoms with Crippen LogP contribution in [0, 0.1) is 12.7 Å². The van der Waals surface area contributed by atoms with E-state index in [9.17, 15) is 9.18 Å². The van der Waals surface area contributed by atoms with E-state index in [1.807, 2.05) is 53.1 Å². The maximum absolute atomic E-state index is 14.0. The summed E-state index contributed by atoms with van der Waals surface area (Å²) in [6, 6.07) is 20.7. The number of benzene rings is 3. The molecular formula is C27H24FNO3. The monoisotopic (exact) mass is 429 g/mol. The topological polar surface area (TPSA) is 40.5 Å². The van der Waals surface area contributed by atoms with E-state index in [-0.39, 0.29) is 11.9 Å². The van der Waals surface area contributed by atoms with Crippen LogP contribution in [0.4, 0.5) is 4.39 Å². The molecule has 0 bridgehead atoms. The first-order valence-corrected chi connectivity index (χ1v) is 10.8. The van der Waals surface area contributed by atoms with Crippen LogP contribution in [0.25, 0.3) is 16.6 Å². The summed E-state index contributed by atoms with van der Waals surface area (Å²) < 4.78 is 28.2. The molecule has 162 valence electrons. The molecule has 1 aliphatic rings. The van der Waals surface area contributed by atoms with E-state index in [0.717, 1.165) is 47.0 Å². The van der Waals surface area contributed by atoms with Crippen LogP contribution in [0.2, 0.25) is 0 Å². The summed E-state index contributed by atoms with van der Waals surface area (Å²) in [5.41, 5.74) is 4.60. The van der Waals surface area contributed by atoms with Crippen molar-refractivity contribution in [1.82, 2.24) is 4.57 Å². The number of fused-ring (bicyclic) bond motifs is 1. The Hall–Kier alpha value is -3.44. The zero-order valence-electron chi connectivity index (χ0n) is 17.9. The van der Waals surface area contributed by atoms with Gasteiger partial charge in [-0.15, -0.1) is 0 Å². The molecule has 0 radical (unpaired) electrons. The molecule has 5 heteroatoms. The second-order valence-electron chi connectivity index (χ2n) is 8.11. The molecule has 2 heterocycles. The molecule has 1 atom stereocenters. The molecule has 1 aliphatic heterocycles. The lowest BCUT2D eigenvalue weighted by molar-refractivity contribution is 0.103. The first-order chi connectivity index (χ1) is 15.7. The minimum atomic E-state index is -0.258. The second-order valence-corrected chi connectivity index (χ2v) is 8.11. The largest absolute Gasteiger partial charge is 0.488 e. The van der Waals surface area contributed by atoms with E-state index < -0.39 is 0 Å². The van der Waals surface area contributed by atoms with Crippen LogP contribution >= 0.6 is 0 Å². The molecule has 1 fully saturated rings. The maximum atomic E-state index is 14.0. The third-order valence-electron chi connectivity index (χ3n) is 6.02. The molecule has 0 aliphatic carbocycles. The van der Waals surface area contributed by atoms with Crippen molar-refractivity contribution in [2.24, 2.45) is 0 Å². The second kappa shape index (κ2) is 8.60. The van der Waals surface area contributed by atoms with Gasteiger partial charge in [-0.2, -0.15) is 0 Å². The quantitative estimate of drug-likeness (QED) is 0.337. The minimum Gasteiger partial charge on any atom is -0.488 e. The van der Waals surface area contributed by atoms with Gasteiger partial charge < -0.3 is 14.0 Å². The molecule has 0 amide bonds. The van der Waals surface area contributed by atoms with Gasteiger partial charge in [-0.3, -0.25) is 4.79 Å². The smallest absolute Gasteiger partial charge is 0.152 e. The van der Waals surface area contributed by atoms with Gasteiger partial charge in [-0.25, -0.2) is 4.39 Å². The van der Waals surface area contributed by atoms with Gasteiger partial charge in [0.2, 0.25) is 0 Å². The standard InChI is InChI=1S/C27H24FNO3/c1-18-15-20(12-13-22(18)28)29-23-9-5-10-24(32-17-19-7-3-2-4-8-19)26(23)21(16-30)27(29)25-11-6-14-31-25/h2-5,7-10,12-13,15-16,25H,6,11,14,17H2,1H3. The van der Waals surface area contributed by atoms with Crippen molar-refractivity contribution < 1.29 is 18.7 Å². The van der Waals surface area contributed by atoms with E-state index >= 15 is 0 Å². The van der Waals surface area contributed by atoms with Crippen LogP contribution in [0.1, 0.15) is 46.1 Å². The van der Waals surface area contributed by atoms with Crippen molar-refractivity contribution in [1.29, 1.82) is 0 Å². The number of carbonyl (C=O) groups excluding carboxylic acids is 1. The van der Waals surface area contributed by atoms with Gasteiger partial charge in [-0.05, 0) is 61.2 Å². The van der Waals surface area contributed by atoms with E-state index in [2.05, 4.69) is 0 Å². The Morgan fingerprint density at radius 1 is 1.12 bits per heavy atom. The predicted molar refractivity (Wildman–Crippen MR) is 122 cm³/mol. The summed E-state index contributed by atoms with van der Waals surface area (Å²) in [6.45, 7) is 2.80. The van der Waals surface area contributed by atoms with Crippen molar-refractivity contribution in [3.63, 3.8) is 0 Å². The summed E-state index contributed by atoms with van der Waals surface area (Å²) in [5.74, 6) is 0.386. The normalized spacial score (nSPS) is 15.9. The lowest BCUT2D eigenvalue weighted by Crippen LogP contribution is -2.08. The third-order valence-corrected chi connectivity index (χ3v) is 6.02. The fourth-order valence-electron chi connectivity index (χ4n) is 4.49. The van der Waals surface area contributed by atoms with Gasteiger partial charge in [0.05, 0.1) is 22.7 Å². The number of ether oxygens (including phenoxy) is 2. The highest BCUT2D eigenvalue weighted by atomic mass is 19.1. The number of aldehydes is 1. The fourth-order valence-corrected chi connectivity index (χ4v) is 4.49. The molecule has 1 aromatic heterocycles. The van der Waals surface area contributed by atoms with Crippen LogP contribution in [-0.4, -0.2) is 17.5 Å². The Morgan fingerprint density at radius 3 is 2.69 bits per heavy atom. The minimum absolute atomic E-state index is 0.199. The van der Waals surface area contributed by atoms with E-state index in [1.165, 1.54) is 6.07 Å². The van der Waals surface area contributed by atoms with Crippen molar-refractivity contribution >= 4 is 17.2 Å². The highest BCUT2D eigenvalue weighted by Crippen LogP contribution is 2.41. The molecule has 0 spiro atoms. The zero-order chi connectivity index (χ0) is 22.1.